The molecule has 0 amide bonds. The van der Waals surface area contributed by atoms with Crippen molar-refractivity contribution in [2.24, 2.45) is 5.92 Å². The Kier molecular flexibility index (Phi) is 3.32. The van der Waals surface area contributed by atoms with Crippen molar-refractivity contribution in [3.05, 3.63) is 29.0 Å². The molecular formula is C13H18ClN3. The maximum Gasteiger partial charge on any atom is 0.129 e. The van der Waals surface area contributed by atoms with Gasteiger partial charge in [0, 0.05) is 19.1 Å². The Hall–Kier alpha value is -0.640. The van der Waals surface area contributed by atoms with Crippen LogP contribution in [-0.2, 0) is 6.54 Å². The Morgan fingerprint density at radius 1 is 1.41 bits per heavy atom. The molecule has 2 saturated heterocycles. The molecule has 2 aliphatic rings. The van der Waals surface area contributed by atoms with Gasteiger partial charge in [-0.3, -0.25) is 4.90 Å². The zero-order valence-corrected chi connectivity index (χ0v) is 10.7. The number of pyridine rings is 1. The highest BCUT2D eigenvalue weighted by molar-refractivity contribution is 6.29. The van der Waals surface area contributed by atoms with Gasteiger partial charge in [0.25, 0.3) is 0 Å². The van der Waals surface area contributed by atoms with E-state index in [1.807, 2.05) is 12.1 Å². The minimum absolute atomic E-state index is 0.598. The van der Waals surface area contributed by atoms with E-state index in [9.17, 15) is 0 Å². The molecule has 2 aliphatic heterocycles. The Morgan fingerprint density at radius 2 is 2.35 bits per heavy atom. The maximum absolute atomic E-state index is 5.93. The third-order valence-corrected chi connectivity index (χ3v) is 4.14. The standard InChI is InChI=1S/C13H18ClN3/c14-13-5-1-4-11(16-13)9-17-6-2-3-10-7-15-8-12(10)17/h1,4-5,10,12,15H,2-3,6-9H2. The van der Waals surface area contributed by atoms with Crippen LogP contribution in [0.15, 0.2) is 18.2 Å². The first-order valence-corrected chi connectivity index (χ1v) is 6.77. The van der Waals surface area contributed by atoms with Crippen LogP contribution in [0.25, 0.3) is 0 Å². The zero-order valence-electron chi connectivity index (χ0n) is 9.90. The fourth-order valence-corrected chi connectivity index (χ4v) is 3.29. The molecule has 0 bridgehead atoms. The van der Waals surface area contributed by atoms with Crippen molar-refractivity contribution < 1.29 is 0 Å². The summed E-state index contributed by atoms with van der Waals surface area (Å²) in [6.07, 6.45) is 2.68. The van der Waals surface area contributed by atoms with Crippen LogP contribution in [-0.4, -0.2) is 35.6 Å². The molecule has 3 heterocycles. The van der Waals surface area contributed by atoms with E-state index in [1.165, 1.54) is 25.9 Å². The summed E-state index contributed by atoms with van der Waals surface area (Å²) in [6, 6.07) is 6.59. The van der Waals surface area contributed by atoms with E-state index in [0.717, 1.165) is 24.7 Å². The first-order valence-electron chi connectivity index (χ1n) is 6.39. The Labute approximate surface area is 107 Å². The number of halogens is 1. The minimum atomic E-state index is 0.598. The highest BCUT2D eigenvalue weighted by Gasteiger charge is 2.34. The molecule has 2 fully saturated rings. The average molecular weight is 252 g/mol. The van der Waals surface area contributed by atoms with Crippen LogP contribution in [0.1, 0.15) is 18.5 Å². The number of likely N-dealkylation sites (tertiary alicyclic amines) is 1. The van der Waals surface area contributed by atoms with Crippen molar-refractivity contribution in [2.45, 2.75) is 25.4 Å². The van der Waals surface area contributed by atoms with Gasteiger partial charge in [-0.05, 0) is 44.0 Å². The van der Waals surface area contributed by atoms with Crippen LogP contribution >= 0.6 is 11.6 Å². The molecular weight excluding hydrogens is 234 g/mol. The molecule has 3 rings (SSSR count). The van der Waals surface area contributed by atoms with Gasteiger partial charge in [0.2, 0.25) is 0 Å². The summed E-state index contributed by atoms with van der Waals surface area (Å²) in [5.74, 6) is 0.836. The number of nitrogens with zero attached hydrogens (tertiary/aromatic N) is 2. The number of nitrogens with one attached hydrogen (secondary N) is 1. The highest BCUT2D eigenvalue weighted by atomic mass is 35.5. The summed E-state index contributed by atoms with van der Waals surface area (Å²) >= 11 is 5.93. The fraction of sp³-hybridized carbons (Fsp3) is 0.615. The summed E-state index contributed by atoms with van der Waals surface area (Å²) in [5.41, 5.74) is 1.09. The Morgan fingerprint density at radius 3 is 3.24 bits per heavy atom. The van der Waals surface area contributed by atoms with Gasteiger partial charge in [-0.1, -0.05) is 17.7 Å². The van der Waals surface area contributed by atoms with Crippen molar-refractivity contribution in [3.63, 3.8) is 0 Å². The van der Waals surface area contributed by atoms with Gasteiger partial charge in [0.15, 0.2) is 0 Å². The molecule has 1 N–H and O–H groups in total. The molecule has 4 heteroatoms. The second-order valence-corrected chi connectivity index (χ2v) is 5.44. The zero-order chi connectivity index (χ0) is 11.7. The average Bonchev–Trinajstić information content (AvgIpc) is 2.78. The predicted molar refractivity (Wildman–Crippen MR) is 69.0 cm³/mol. The van der Waals surface area contributed by atoms with Crippen LogP contribution in [0.5, 0.6) is 0 Å². The molecule has 0 saturated carbocycles. The molecule has 3 nitrogen and oxygen atoms in total. The van der Waals surface area contributed by atoms with Crippen molar-refractivity contribution in [2.75, 3.05) is 19.6 Å². The number of aromatic nitrogens is 1. The lowest BCUT2D eigenvalue weighted by Gasteiger charge is -2.36. The largest absolute Gasteiger partial charge is 0.315 e. The summed E-state index contributed by atoms with van der Waals surface area (Å²) in [7, 11) is 0. The summed E-state index contributed by atoms with van der Waals surface area (Å²) in [6.45, 7) is 4.44. The van der Waals surface area contributed by atoms with Crippen LogP contribution in [0, 0.1) is 5.92 Å². The molecule has 1 aromatic heterocycles. The van der Waals surface area contributed by atoms with Crippen LogP contribution in [0.4, 0.5) is 0 Å². The van der Waals surface area contributed by atoms with E-state index in [1.54, 1.807) is 0 Å². The first-order chi connectivity index (χ1) is 8.33. The molecule has 0 aromatic carbocycles. The molecule has 2 unspecified atom stereocenters. The lowest BCUT2D eigenvalue weighted by Crippen LogP contribution is -2.44. The number of piperidine rings is 1. The monoisotopic (exact) mass is 251 g/mol. The first kappa shape index (κ1) is 11.5. The Balaban J connectivity index is 1.71. The second-order valence-electron chi connectivity index (χ2n) is 5.05. The molecule has 0 spiro atoms. The SMILES string of the molecule is Clc1cccc(CN2CCCC3CNCC32)n1. The lowest BCUT2D eigenvalue weighted by molar-refractivity contribution is 0.116. The number of hydrogen-bond acceptors (Lipinski definition) is 3. The molecule has 17 heavy (non-hydrogen) atoms. The van der Waals surface area contributed by atoms with Gasteiger partial charge in [-0.15, -0.1) is 0 Å². The van der Waals surface area contributed by atoms with Crippen LogP contribution < -0.4 is 5.32 Å². The molecule has 2 atom stereocenters. The van der Waals surface area contributed by atoms with Gasteiger partial charge < -0.3 is 5.32 Å². The number of hydrogen-bond donors (Lipinski definition) is 1. The van der Waals surface area contributed by atoms with Crippen molar-refractivity contribution >= 4 is 11.6 Å². The third kappa shape index (κ3) is 2.46. The van der Waals surface area contributed by atoms with Gasteiger partial charge in [-0.25, -0.2) is 4.98 Å². The summed E-state index contributed by atoms with van der Waals surface area (Å²) < 4.78 is 0. The quantitative estimate of drug-likeness (QED) is 0.814. The summed E-state index contributed by atoms with van der Waals surface area (Å²) in [4.78, 5) is 6.95. The summed E-state index contributed by atoms with van der Waals surface area (Å²) in [5, 5.41) is 4.10. The van der Waals surface area contributed by atoms with Crippen LogP contribution in [0.2, 0.25) is 5.15 Å². The van der Waals surface area contributed by atoms with E-state index < -0.39 is 0 Å². The van der Waals surface area contributed by atoms with Gasteiger partial charge in [0.1, 0.15) is 5.15 Å². The fourth-order valence-electron chi connectivity index (χ4n) is 3.11. The van der Waals surface area contributed by atoms with Crippen molar-refractivity contribution in [1.82, 2.24) is 15.2 Å². The normalized spacial score (nSPS) is 29.2. The van der Waals surface area contributed by atoms with Gasteiger partial charge in [0.05, 0.1) is 5.69 Å². The Bertz CT molecular complexity index is 396. The third-order valence-electron chi connectivity index (χ3n) is 3.93. The van der Waals surface area contributed by atoms with Gasteiger partial charge in [-0.2, -0.15) is 0 Å². The molecule has 0 aliphatic carbocycles. The molecule has 1 aromatic rings. The lowest BCUT2D eigenvalue weighted by atomic mass is 9.92. The smallest absolute Gasteiger partial charge is 0.129 e. The van der Waals surface area contributed by atoms with Crippen molar-refractivity contribution in [1.29, 1.82) is 0 Å². The van der Waals surface area contributed by atoms with E-state index in [4.69, 9.17) is 11.6 Å². The van der Waals surface area contributed by atoms with E-state index in [-0.39, 0.29) is 0 Å². The minimum Gasteiger partial charge on any atom is -0.315 e. The maximum atomic E-state index is 5.93. The highest BCUT2D eigenvalue weighted by Crippen LogP contribution is 2.27. The second kappa shape index (κ2) is 4.92. The molecule has 0 radical (unpaired) electrons. The van der Waals surface area contributed by atoms with E-state index in [0.29, 0.717) is 11.2 Å². The van der Waals surface area contributed by atoms with Gasteiger partial charge >= 0.3 is 0 Å². The van der Waals surface area contributed by atoms with Crippen molar-refractivity contribution in [3.8, 4) is 0 Å². The predicted octanol–water partition coefficient (Wildman–Crippen LogP) is 1.92. The van der Waals surface area contributed by atoms with E-state index >= 15 is 0 Å². The topological polar surface area (TPSA) is 28.2 Å². The van der Waals surface area contributed by atoms with E-state index in [2.05, 4.69) is 21.3 Å². The molecule has 92 valence electrons. The van der Waals surface area contributed by atoms with Crippen LogP contribution in [0.3, 0.4) is 0 Å². The number of rotatable bonds is 2. The number of fused-ring (bicyclic) bond motifs is 1.